The highest BCUT2D eigenvalue weighted by molar-refractivity contribution is 5.45. The van der Waals surface area contributed by atoms with Crippen LogP contribution in [0.15, 0.2) is 48.5 Å². The molecule has 0 aromatic heterocycles. The molecule has 0 aliphatic carbocycles. The van der Waals surface area contributed by atoms with Crippen LogP contribution in [-0.4, -0.2) is 18.0 Å². The molecule has 1 heterocycles. The molecule has 0 saturated heterocycles. The monoisotopic (exact) mass is 324 g/mol. The van der Waals surface area contributed by atoms with Crippen molar-refractivity contribution < 1.29 is 4.74 Å². The Balaban J connectivity index is 1.72. The standard InChI is InChI=1S/C21H28N2O/c1-2-3-7-13-23-15-19-18(20(23)14-22)11-8-12-21(19)24-16-17-9-5-4-6-10-17/h4-6,8-12,20H,2-3,7,13-16,22H2,1H3. The second-order valence-corrected chi connectivity index (χ2v) is 6.53. The third-order valence-electron chi connectivity index (χ3n) is 4.84. The van der Waals surface area contributed by atoms with Gasteiger partial charge in [0.05, 0.1) is 0 Å². The molecule has 3 heteroatoms. The Morgan fingerprint density at radius 2 is 1.92 bits per heavy atom. The fraction of sp³-hybridized carbons (Fsp3) is 0.429. The third kappa shape index (κ3) is 3.80. The Labute approximate surface area is 145 Å². The summed E-state index contributed by atoms with van der Waals surface area (Å²) in [6.45, 7) is 5.59. The third-order valence-corrected chi connectivity index (χ3v) is 4.84. The van der Waals surface area contributed by atoms with Gasteiger partial charge < -0.3 is 10.5 Å². The molecule has 1 aliphatic heterocycles. The highest BCUT2D eigenvalue weighted by Crippen LogP contribution is 2.38. The Morgan fingerprint density at radius 1 is 1.08 bits per heavy atom. The SMILES string of the molecule is CCCCCN1Cc2c(OCc3ccccc3)cccc2C1CN. The Morgan fingerprint density at radius 3 is 2.67 bits per heavy atom. The predicted octanol–water partition coefficient (Wildman–Crippen LogP) is 4.27. The first-order valence-electron chi connectivity index (χ1n) is 9.06. The number of benzene rings is 2. The van der Waals surface area contributed by atoms with Crippen LogP contribution in [0.2, 0.25) is 0 Å². The minimum absolute atomic E-state index is 0.331. The summed E-state index contributed by atoms with van der Waals surface area (Å²) in [5, 5.41) is 0. The maximum absolute atomic E-state index is 6.13. The molecule has 1 unspecified atom stereocenters. The first-order valence-corrected chi connectivity index (χ1v) is 9.06. The van der Waals surface area contributed by atoms with Gasteiger partial charge in [-0.15, -0.1) is 0 Å². The lowest BCUT2D eigenvalue weighted by atomic mass is 10.0. The highest BCUT2D eigenvalue weighted by Gasteiger charge is 2.30. The molecule has 128 valence electrons. The van der Waals surface area contributed by atoms with Crippen LogP contribution in [0.3, 0.4) is 0 Å². The number of rotatable bonds is 8. The first kappa shape index (κ1) is 17.0. The number of fused-ring (bicyclic) bond motifs is 1. The molecular formula is C21H28N2O. The van der Waals surface area contributed by atoms with E-state index in [2.05, 4.69) is 42.2 Å². The lowest BCUT2D eigenvalue weighted by molar-refractivity contribution is 0.213. The molecule has 3 nitrogen and oxygen atoms in total. The van der Waals surface area contributed by atoms with Crippen molar-refractivity contribution in [1.29, 1.82) is 0 Å². The smallest absolute Gasteiger partial charge is 0.124 e. The van der Waals surface area contributed by atoms with Crippen molar-refractivity contribution in [2.45, 2.75) is 45.4 Å². The quantitative estimate of drug-likeness (QED) is 0.737. The van der Waals surface area contributed by atoms with Gasteiger partial charge in [0.2, 0.25) is 0 Å². The molecule has 1 atom stereocenters. The molecular weight excluding hydrogens is 296 g/mol. The van der Waals surface area contributed by atoms with Crippen LogP contribution in [-0.2, 0) is 13.2 Å². The second-order valence-electron chi connectivity index (χ2n) is 6.53. The topological polar surface area (TPSA) is 38.5 Å². The summed E-state index contributed by atoms with van der Waals surface area (Å²) in [6, 6.07) is 17.1. The van der Waals surface area contributed by atoms with Crippen molar-refractivity contribution in [3.63, 3.8) is 0 Å². The number of nitrogens with zero attached hydrogens (tertiary/aromatic N) is 1. The van der Waals surface area contributed by atoms with Gasteiger partial charge in [0.1, 0.15) is 12.4 Å². The summed E-state index contributed by atoms with van der Waals surface area (Å²) in [5.74, 6) is 1.01. The van der Waals surface area contributed by atoms with E-state index in [1.807, 2.05) is 18.2 Å². The van der Waals surface area contributed by atoms with Crippen molar-refractivity contribution >= 4 is 0 Å². The van der Waals surface area contributed by atoms with Crippen molar-refractivity contribution in [2.24, 2.45) is 5.73 Å². The maximum Gasteiger partial charge on any atom is 0.124 e. The zero-order chi connectivity index (χ0) is 16.8. The summed E-state index contributed by atoms with van der Waals surface area (Å²) in [5.41, 5.74) is 9.94. The Hall–Kier alpha value is -1.84. The molecule has 0 radical (unpaired) electrons. The number of ether oxygens (including phenoxy) is 1. The minimum atomic E-state index is 0.331. The molecule has 0 fully saturated rings. The van der Waals surface area contributed by atoms with E-state index in [9.17, 15) is 0 Å². The molecule has 2 aromatic rings. The zero-order valence-electron chi connectivity index (χ0n) is 14.6. The summed E-state index contributed by atoms with van der Waals surface area (Å²) in [4.78, 5) is 2.51. The molecule has 0 spiro atoms. The lowest BCUT2D eigenvalue weighted by Crippen LogP contribution is -2.28. The fourth-order valence-electron chi connectivity index (χ4n) is 3.52. The van der Waals surface area contributed by atoms with Crippen LogP contribution in [0.1, 0.15) is 48.9 Å². The average Bonchev–Trinajstić information content (AvgIpc) is 2.99. The summed E-state index contributed by atoms with van der Waals surface area (Å²) in [7, 11) is 0. The molecule has 2 aromatic carbocycles. The van der Waals surface area contributed by atoms with Gasteiger partial charge in [-0.1, -0.05) is 62.2 Å². The molecule has 3 rings (SSSR count). The van der Waals surface area contributed by atoms with E-state index in [1.54, 1.807) is 0 Å². The van der Waals surface area contributed by atoms with Gasteiger partial charge in [0.15, 0.2) is 0 Å². The summed E-state index contributed by atoms with van der Waals surface area (Å²) < 4.78 is 6.13. The number of hydrogen-bond acceptors (Lipinski definition) is 3. The van der Waals surface area contributed by atoms with Crippen molar-refractivity contribution in [2.75, 3.05) is 13.1 Å². The van der Waals surface area contributed by atoms with E-state index in [-0.39, 0.29) is 0 Å². The molecule has 0 bridgehead atoms. The normalized spacial score (nSPS) is 17.0. The Kier molecular flexibility index (Phi) is 5.89. The van der Waals surface area contributed by atoms with Crippen molar-refractivity contribution in [1.82, 2.24) is 4.90 Å². The number of nitrogens with two attached hydrogens (primary N) is 1. The van der Waals surface area contributed by atoms with Crippen LogP contribution in [0, 0.1) is 0 Å². The average molecular weight is 324 g/mol. The maximum atomic E-state index is 6.13. The molecule has 24 heavy (non-hydrogen) atoms. The second kappa shape index (κ2) is 8.32. The van der Waals surface area contributed by atoms with Crippen LogP contribution in [0.4, 0.5) is 0 Å². The zero-order valence-corrected chi connectivity index (χ0v) is 14.6. The molecule has 0 saturated carbocycles. The van der Waals surface area contributed by atoms with E-state index in [4.69, 9.17) is 10.5 Å². The van der Waals surface area contributed by atoms with E-state index in [1.165, 1.54) is 36.0 Å². The van der Waals surface area contributed by atoms with Gasteiger partial charge >= 0.3 is 0 Å². The van der Waals surface area contributed by atoms with Crippen LogP contribution in [0.25, 0.3) is 0 Å². The van der Waals surface area contributed by atoms with Crippen LogP contribution in [0.5, 0.6) is 5.75 Å². The number of unbranched alkanes of at least 4 members (excludes halogenated alkanes) is 2. The van der Waals surface area contributed by atoms with Crippen LogP contribution >= 0.6 is 0 Å². The van der Waals surface area contributed by atoms with Gasteiger partial charge in [-0.05, 0) is 30.2 Å². The fourth-order valence-corrected chi connectivity index (χ4v) is 3.52. The first-order chi connectivity index (χ1) is 11.8. The van der Waals surface area contributed by atoms with E-state index < -0.39 is 0 Å². The van der Waals surface area contributed by atoms with Gasteiger partial charge in [-0.25, -0.2) is 0 Å². The lowest BCUT2D eigenvalue weighted by Gasteiger charge is -2.23. The van der Waals surface area contributed by atoms with Gasteiger partial charge in [-0.2, -0.15) is 0 Å². The Bertz CT molecular complexity index is 642. The minimum Gasteiger partial charge on any atom is -0.489 e. The van der Waals surface area contributed by atoms with Gasteiger partial charge in [0, 0.05) is 24.7 Å². The largest absolute Gasteiger partial charge is 0.489 e. The summed E-state index contributed by atoms with van der Waals surface area (Å²) in [6.07, 6.45) is 3.77. The molecule has 2 N–H and O–H groups in total. The van der Waals surface area contributed by atoms with Crippen molar-refractivity contribution in [3.05, 3.63) is 65.2 Å². The van der Waals surface area contributed by atoms with E-state index in [0.29, 0.717) is 19.2 Å². The van der Waals surface area contributed by atoms with Crippen LogP contribution < -0.4 is 10.5 Å². The van der Waals surface area contributed by atoms with E-state index >= 15 is 0 Å². The molecule has 0 amide bonds. The highest BCUT2D eigenvalue weighted by atomic mass is 16.5. The predicted molar refractivity (Wildman–Crippen MR) is 98.9 cm³/mol. The van der Waals surface area contributed by atoms with E-state index in [0.717, 1.165) is 18.8 Å². The van der Waals surface area contributed by atoms with Gasteiger partial charge in [0.25, 0.3) is 0 Å². The number of hydrogen-bond donors (Lipinski definition) is 1. The molecule has 1 aliphatic rings. The summed E-state index contributed by atoms with van der Waals surface area (Å²) >= 11 is 0. The van der Waals surface area contributed by atoms with Crippen molar-refractivity contribution in [3.8, 4) is 5.75 Å². The van der Waals surface area contributed by atoms with Gasteiger partial charge in [-0.3, -0.25) is 4.90 Å².